The van der Waals surface area contributed by atoms with Crippen molar-refractivity contribution in [1.29, 1.82) is 0 Å². The zero-order chi connectivity index (χ0) is 27.5. The van der Waals surface area contributed by atoms with E-state index in [1.54, 1.807) is 14.0 Å². The molecule has 0 spiro atoms. The lowest BCUT2D eigenvalue weighted by atomic mass is 10.2. The molecule has 2 aromatic heterocycles. The fourth-order valence-electron chi connectivity index (χ4n) is 4.01. The minimum absolute atomic E-state index is 0.0125. The molecule has 37 heavy (non-hydrogen) atoms. The van der Waals surface area contributed by atoms with Gasteiger partial charge in [0.25, 0.3) is 5.56 Å². The van der Waals surface area contributed by atoms with Gasteiger partial charge in [-0.3, -0.25) is 13.9 Å². The Labute approximate surface area is 220 Å². The van der Waals surface area contributed by atoms with Crippen LogP contribution < -0.4 is 11.2 Å². The average Bonchev–Trinajstić information content (AvgIpc) is 2.89. The highest BCUT2D eigenvalue weighted by atomic mass is 16.2. The number of para-hydroxylation sites is 1. The van der Waals surface area contributed by atoms with Crippen LogP contribution in [0.25, 0.3) is 10.9 Å². The van der Waals surface area contributed by atoms with Crippen LogP contribution in [0.15, 0.2) is 38.8 Å². The molecule has 3 rings (SSSR count). The quantitative estimate of drug-likeness (QED) is 0.263. The van der Waals surface area contributed by atoms with Crippen molar-refractivity contribution in [3.05, 3.63) is 62.2 Å². The number of hydrogen-bond acceptors (Lipinski definition) is 5. The van der Waals surface area contributed by atoms with Crippen molar-refractivity contribution in [2.45, 2.75) is 74.3 Å². The van der Waals surface area contributed by atoms with Gasteiger partial charge in [0.15, 0.2) is 0 Å². The molecular formula is C29H40N6O2. The molecule has 0 atom stereocenters. The van der Waals surface area contributed by atoms with Gasteiger partial charge in [0.1, 0.15) is 17.5 Å². The summed E-state index contributed by atoms with van der Waals surface area (Å²) in [5, 5.41) is 0.955. The van der Waals surface area contributed by atoms with E-state index in [9.17, 15) is 9.59 Å². The summed E-state index contributed by atoms with van der Waals surface area (Å²) in [6.07, 6.45) is 3.13. The van der Waals surface area contributed by atoms with Crippen LogP contribution in [0.2, 0.25) is 0 Å². The van der Waals surface area contributed by atoms with Gasteiger partial charge in [-0.05, 0) is 47.1 Å². The second-order valence-corrected chi connectivity index (χ2v) is 8.80. The minimum atomic E-state index is -0.432. The van der Waals surface area contributed by atoms with Crippen LogP contribution in [0.4, 0.5) is 5.82 Å². The lowest BCUT2D eigenvalue weighted by molar-refractivity contribution is 0.425. The molecule has 0 N–H and O–H groups in total. The summed E-state index contributed by atoms with van der Waals surface area (Å²) in [5.74, 6) is 7.25. The number of amidine groups is 1. The lowest BCUT2D eigenvalue weighted by Gasteiger charge is -2.23. The first-order valence-corrected chi connectivity index (χ1v) is 12.9. The number of benzene rings is 1. The molecule has 1 aromatic carbocycles. The third-order valence-corrected chi connectivity index (χ3v) is 6.12. The third-order valence-electron chi connectivity index (χ3n) is 6.12. The van der Waals surface area contributed by atoms with E-state index < -0.39 is 5.69 Å². The van der Waals surface area contributed by atoms with Crippen molar-refractivity contribution < 1.29 is 0 Å². The van der Waals surface area contributed by atoms with Crippen molar-refractivity contribution in [3.63, 3.8) is 0 Å². The number of hydrogen-bond donors (Lipinski definition) is 0. The van der Waals surface area contributed by atoms with Crippen LogP contribution >= 0.6 is 0 Å². The first-order chi connectivity index (χ1) is 17.7. The maximum atomic E-state index is 13.1. The first kappa shape index (κ1) is 29.5. The molecule has 0 saturated carbocycles. The predicted molar refractivity (Wildman–Crippen MR) is 153 cm³/mol. The predicted octanol–water partition coefficient (Wildman–Crippen LogP) is 4.75. The average molecular weight is 505 g/mol. The van der Waals surface area contributed by atoms with Crippen molar-refractivity contribution >= 4 is 22.6 Å². The summed E-state index contributed by atoms with van der Waals surface area (Å²) < 4.78 is 2.61. The van der Waals surface area contributed by atoms with Crippen molar-refractivity contribution in [3.8, 4) is 11.8 Å². The van der Waals surface area contributed by atoms with Gasteiger partial charge < -0.3 is 4.90 Å². The van der Waals surface area contributed by atoms with Crippen LogP contribution in [0.3, 0.4) is 0 Å². The smallest absolute Gasteiger partial charge is 0.332 e. The molecule has 0 bridgehead atoms. The standard InChI is InChI=1S/C24H32N6O2.C5H8/c1-7-9-14-29(8-2)18(5)26-22-16(3)23(31)30(24(32)28(22)6)15-21-25-17(4)19-12-10-11-13-20(19)27-21;1-3-5-4-2/h10-13H,7-9,14-15H2,1-6H3;3H2,1-2H3/b26-18+;. The summed E-state index contributed by atoms with van der Waals surface area (Å²) in [4.78, 5) is 42.1. The van der Waals surface area contributed by atoms with Gasteiger partial charge in [-0.25, -0.2) is 19.8 Å². The van der Waals surface area contributed by atoms with Gasteiger partial charge in [0, 0.05) is 37.6 Å². The molecule has 0 aliphatic heterocycles. The van der Waals surface area contributed by atoms with Crippen LogP contribution in [-0.2, 0) is 13.6 Å². The van der Waals surface area contributed by atoms with Crippen LogP contribution in [-0.4, -0.2) is 42.9 Å². The first-order valence-electron chi connectivity index (χ1n) is 12.9. The molecule has 0 unspecified atom stereocenters. The second kappa shape index (κ2) is 14.1. The van der Waals surface area contributed by atoms with E-state index >= 15 is 0 Å². The summed E-state index contributed by atoms with van der Waals surface area (Å²) in [5.41, 5.74) is 1.23. The molecule has 0 radical (unpaired) electrons. The number of rotatable bonds is 7. The SMILES string of the molecule is CC#CCC.CCCCN(CC)/C(C)=N/c1c(C)c(=O)n(Cc2nc(C)c3ccccc3n2)c(=O)n1C. The topological polar surface area (TPSA) is 85.4 Å². The summed E-state index contributed by atoms with van der Waals surface area (Å²) >= 11 is 0. The van der Waals surface area contributed by atoms with E-state index in [2.05, 4.69) is 45.5 Å². The Morgan fingerprint density at radius 3 is 2.41 bits per heavy atom. The molecular weight excluding hydrogens is 464 g/mol. The molecule has 0 fully saturated rings. The van der Waals surface area contributed by atoms with Gasteiger partial charge in [-0.15, -0.1) is 11.8 Å². The molecule has 198 valence electrons. The summed E-state index contributed by atoms with van der Waals surface area (Å²) in [7, 11) is 1.65. The summed E-state index contributed by atoms with van der Waals surface area (Å²) in [6.45, 7) is 15.4. The third kappa shape index (κ3) is 7.39. The van der Waals surface area contributed by atoms with Crippen molar-refractivity contribution in [1.82, 2.24) is 24.0 Å². The van der Waals surface area contributed by atoms with Gasteiger partial charge in [-0.1, -0.05) is 38.5 Å². The highest BCUT2D eigenvalue weighted by Crippen LogP contribution is 2.16. The fourth-order valence-corrected chi connectivity index (χ4v) is 4.01. The van der Waals surface area contributed by atoms with Crippen molar-refractivity contribution in [2.75, 3.05) is 13.1 Å². The number of fused-ring (bicyclic) bond motifs is 1. The Hall–Kier alpha value is -3.73. The molecule has 2 heterocycles. The van der Waals surface area contributed by atoms with Crippen LogP contribution in [0.1, 0.15) is 71.0 Å². The zero-order valence-corrected chi connectivity index (χ0v) is 23.6. The molecule has 3 aromatic rings. The van der Waals surface area contributed by atoms with Gasteiger partial charge in [0.2, 0.25) is 0 Å². The van der Waals surface area contributed by atoms with E-state index in [-0.39, 0.29) is 12.1 Å². The maximum absolute atomic E-state index is 13.1. The normalized spacial score (nSPS) is 11.0. The lowest BCUT2D eigenvalue weighted by Crippen LogP contribution is -2.41. The van der Waals surface area contributed by atoms with Crippen LogP contribution in [0.5, 0.6) is 0 Å². The maximum Gasteiger partial charge on any atom is 0.332 e. The van der Waals surface area contributed by atoms with Crippen molar-refractivity contribution in [2.24, 2.45) is 12.0 Å². The minimum Gasteiger partial charge on any atom is -0.361 e. The second-order valence-electron chi connectivity index (χ2n) is 8.80. The van der Waals surface area contributed by atoms with Gasteiger partial charge in [0.05, 0.1) is 17.6 Å². The van der Waals surface area contributed by atoms with Crippen LogP contribution in [0, 0.1) is 25.7 Å². The Balaban J connectivity index is 0.000000877. The highest BCUT2D eigenvalue weighted by molar-refractivity contribution is 5.82. The number of aryl methyl sites for hydroxylation is 1. The molecule has 0 saturated heterocycles. The van der Waals surface area contributed by atoms with E-state index in [1.807, 2.05) is 52.0 Å². The van der Waals surface area contributed by atoms with E-state index in [0.29, 0.717) is 17.2 Å². The number of aliphatic imine (C=N–C) groups is 1. The fraction of sp³-hybridized carbons (Fsp3) is 0.483. The Morgan fingerprint density at radius 1 is 1.11 bits per heavy atom. The molecule has 8 heteroatoms. The largest absolute Gasteiger partial charge is 0.361 e. The van der Waals surface area contributed by atoms with Gasteiger partial charge >= 0.3 is 5.69 Å². The molecule has 8 nitrogen and oxygen atoms in total. The molecule has 0 aliphatic carbocycles. The van der Waals surface area contributed by atoms with E-state index in [0.717, 1.165) is 54.8 Å². The van der Waals surface area contributed by atoms with E-state index in [1.165, 1.54) is 9.13 Å². The molecule has 0 aliphatic rings. The van der Waals surface area contributed by atoms with E-state index in [4.69, 9.17) is 0 Å². The summed E-state index contributed by atoms with van der Waals surface area (Å²) in [6, 6.07) is 7.70. The highest BCUT2D eigenvalue weighted by Gasteiger charge is 2.17. The Kier molecular flexibility index (Phi) is 11.3. The van der Waals surface area contributed by atoms with Gasteiger partial charge in [-0.2, -0.15) is 0 Å². The Bertz CT molecular complexity index is 1390. The number of nitrogens with zero attached hydrogens (tertiary/aromatic N) is 6. The number of aromatic nitrogens is 4. The Morgan fingerprint density at radius 2 is 1.81 bits per heavy atom. The monoisotopic (exact) mass is 504 g/mol. The zero-order valence-electron chi connectivity index (χ0n) is 23.6. The number of unbranched alkanes of at least 4 members (excludes halogenated alkanes) is 1. The molecule has 0 amide bonds.